The predicted molar refractivity (Wildman–Crippen MR) is 300 cm³/mol. The van der Waals surface area contributed by atoms with Gasteiger partial charge in [-0.15, -0.1) is 11.3 Å². The van der Waals surface area contributed by atoms with Crippen LogP contribution in [-0.2, 0) is 0 Å². The maximum absolute atomic E-state index is 6.37. The van der Waals surface area contributed by atoms with Crippen molar-refractivity contribution in [3.05, 3.63) is 237 Å². The Morgan fingerprint density at radius 1 is 0.268 bits per heavy atom. The molecule has 5 heterocycles. The van der Waals surface area contributed by atoms with Gasteiger partial charge in [-0.05, 0) is 131 Å². The van der Waals surface area contributed by atoms with Crippen molar-refractivity contribution in [3.63, 3.8) is 0 Å². The van der Waals surface area contributed by atoms with E-state index in [2.05, 4.69) is 244 Å². The highest BCUT2D eigenvalue weighted by Crippen LogP contribution is 2.44. The van der Waals surface area contributed by atoms with Crippen LogP contribution in [0.15, 0.2) is 241 Å². The molecule has 0 aliphatic rings. The molecule has 330 valence electrons. The zero-order valence-corrected chi connectivity index (χ0v) is 39.0. The summed E-state index contributed by atoms with van der Waals surface area (Å²) in [6.45, 7) is 0. The van der Waals surface area contributed by atoms with Crippen LogP contribution in [0.4, 0.5) is 0 Å². The number of hydrogen-bond donors (Lipinski definition) is 0. The molecular formula is C66H39N3OS. The van der Waals surface area contributed by atoms with Crippen molar-refractivity contribution in [2.45, 2.75) is 0 Å². The highest BCUT2D eigenvalue weighted by Gasteiger charge is 2.21. The third-order valence-electron chi connectivity index (χ3n) is 15.0. The lowest BCUT2D eigenvalue weighted by molar-refractivity contribution is 0.669. The van der Waals surface area contributed by atoms with E-state index in [9.17, 15) is 0 Å². The van der Waals surface area contributed by atoms with Gasteiger partial charge < -0.3 is 18.1 Å². The number of fused-ring (bicyclic) bond motifs is 15. The van der Waals surface area contributed by atoms with E-state index < -0.39 is 0 Å². The van der Waals surface area contributed by atoms with Crippen molar-refractivity contribution in [1.29, 1.82) is 0 Å². The van der Waals surface area contributed by atoms with Crippen LogP contribution in [-0.4, -0.2) is 13.7 Å². The Morgan fingerprint density at radius 3 is 1.30 bits per heavy atom. The maximum Gasteiger partial charge on any atom is 0.137 e. The molecule has 0 saturated carbocycles. The molecular weight excluding hydrogens is 883 g/mol. The van der Waals surface area contributed by atoms with Crippen molar-refractivity contribution in [2.24, 2.45) is 0 Å². The number of rotatable bonds is 5. The summed E-state index contributed by atoms with van der Waals surface area (Å²) in [5.74, 6) is 0. The fourth-order valence-corrected chi connectivity index (χ4v) is 13.1. The van der Waals surface area contributed by atoms with E-state index in [0.717, 1.165) is 38.8 Å². The Hall–Kier alpha value is -9.16. The van der Waals surface area contributed by atoms with Gasteiger partial charge in [-0.2, -0.15) is 0 Å². The van der Waals surface area contributed by atoms with Gasteiger partial charge in [0.1, 0.15) is 11.2 Å². The van der Waals surface area contributed by atoms with Gasteiger partial charge in [-0.25, -0.2) is 0 Å². The molecule has 0 saturated heterocycles. The zero-order valence-electron chi connectivity index (χ0n) is 38.2. The lowest BCUT2D eigenvalue weighted by atomic mass is 9.98. The molecule has 71 heavy (non-hydrogen) atoms. The second kappa shape index (κ2) is 14.7. The van der Waals surface area contributed by atoms with Crippen LogP contribution in [0.1, 0.15) is 0 Å². The van der Waals surface area contributed by atoms with Crippen LogP contribution in [0.2, 0.25) is 0 Å². The summed E-state index contributed by atoms with van der Waals surface area (Å²) < 4.78 is 16.3. The largest absolute Gasteiger partial charge is 0.456 e. The minimum absolute atomic E-state index is 0.891. The molecule has 5 heteroatoms. The Balaban J connectivity index is 0.873. The van der Waals surface area contributed by atoms with Gasteiger partial charge >= 0.3 is 0 Å². The minimum Gasteiger partial charge on any atom is -0.456 e. The molecule has 5 aromatic heterocycles. The normalized spacial score (nSPS) is 12.2. The number of para-hydroxylation sites is 4. The van der Waals surface area contributed by atoms with E-state index in [1.807, 2.05) is 17.4 Å². The van der Waals surface area contributed by atoms with Gasteiger partial charge in [0.2, 0.25) is 0 Å². The molecule has 11 aromatic carbocycles. The average molecular weight is 922 g/mol. The standard InChI is InChI=1S/C66H39N3OS/c1-2-14-44(15-3-1)67-55-32-28-42(40-30-34-57-49(36-40)45-16-4-8-20-53(45)68(57)59-22-12-25-62-65(59)47-18-6-10-24-61(47)70-62)38-51(55)52-39-43(29-33-56(52)67)41-31-35-58-50(37-41)46-17-5-9-21-54(46)69(58)60-23-13-27-64-66(60)48-19-7-11-26-63(48)71-64/h1-39H. The number of aromatic nitrogens is 3. The molecule has 0 aliphatic carbocycles. The molecule has 0 spiro atoms. The summed E-state index contributed by atoms with van der Waals surface area (Å²) in [7, 11) is 0. The number of furan rings is 1. The third-order valence-corrected chi connectivity index (χ3v) is 16.2. The molecule has 4 nitrogen and oxygen atoms in total. The first kappa shape index (κ1) is 38.8. The van der Waals surface area contributed by atoms with E-state index in [4.69, 9.17) is 4.42 Å². The minimum atomic E-state index is 0.891. The Bertz CT molecular complexity index is 4600. The molecule has 0 atom stereocenters. The fraction of sp³-hybridized carbons (Fsp3) is 0. The second-order valence-electron chi connectivity index (χ2n) is 18.8. The summed E-state index contributed by atoms with van der Waals surface area (Å²) in [6, 6.07) is 86.8. The van der Waals surface area contributed by atoms with Gasteiger partial charge in [0.25, 0.3) is 0 Å². The lowest BCUT2D eigenvalue weighted by Crippen LogP contribution is -1.94. The lowest BCUT2D eigenvalue weighted by Gasteiger charge is -2.11. The molecule has 0 amide bonds. The van der Waals surface area contributed by atoms with E-state index in [0.29, 0.717) is 0 Å². The number of benzene rings is 11. The van der Waals surface area contributed by atoms with Crippen molar-refractivity contribution in [3.8, 4) is 39.3 Å². The van der Waals surface area contributed by atoms with Crippen LogP contribution >= 0.6 is 11.3 Å². The predicted octanol–water partition coefficient (Wildman–Crippen LogP) is 18.6. The van der Waals surface area contributed by atoms with E-state index in [-0.39, 0.29) is 0 Å². The summed E-state index contributed by atoms with van der Waals surface area (Å²) in [5, 5.41) is 12.2. The van der Waals surface area contributed by atoms with Gasteiger partial charge in [-0.3, -0.25) is 0 Å². The van der Waals surface area contributed by atoms with Crippen molar-refractivity contribution in [2.75, 3.05) is 0 Å². The summed E-state index contributed by atoms with van der Waals surface area (Å²) >= 11 is 1.87. The van der Waals surface area contributed by atoms with Crippen LogP contribution in [0.3, 0.4) is 0 Å². The summed E-state index contributed by atoms with van der Waals surface area (Å²) in [4.78, 5) is 0. The number of hydrogen-bond acceptors (Lipinski definition) is 2. The van der Waals surface area contributed by atoms with E-state index >= 15 is 0 Å². The zero-order chi connectivity index (χ0) is 46.3. The van der Waals surface area contributed by atoms with Crippen LogP contribution in [0.25, 0.3) is 147 Å². The number of nitrogens with zero attached hydrogens (tertiary/aromatic N) is 3. The maximum atomic E-state index is 6.37. The van der Waals surface area contributed by atoms with Crippen molar-refractivity contribution >= 4 is 119 Å². The molecule has 0 fully saturated rings. The first-order valence-electron chi connectivity index (χ1n) is 24.2. The average Bonchev–Trinajstić information content (AvgIpc) is 4.24. The van der Waals surface area contributed by atoms with E-state index in [1.165, 1.54) is 108 Å². The Labute approximate surface area is 410 Å². The molecule has 16 aromatic rings. The second-order valence-corrected chi connectivity index (χ2v) is 19.9. The third kappa shape index (κ3) is 5.55. The number of thiophene rings is 1. The molecule has 16 rings (SSSR count). The highest BCUT2D eigenvalue weighted by molar-refractivity contribution is 7.25. The first-order valence-corrected chi connectivity index (χ1v) is 25.1. The van der Waals surface area contributed by atoms with Gasteiger partial charge in [0, 0.05) is 63.6 Å². The molecule has 0 bridgehead atoms. The molecule has 0 aliphatic heterocycles. The highest BCUT2D eigenvalue weighted by atomic mass is 32.1. The first-order chi connectivity index (χ1) is 35.2. The molecule has 0 N–H and O–H groups in total. The summed E-state index contributed by atoms with van der Waals surface area (Å²) in [6.07, 6.45) is 0. The quantitative estimate of drug-likeness (QED) is 0.169. The van der Waals surface area contributed by atoms with Crippen LogP contribution < -0.4 is 0 Å². The molecule has 0 radical (unpaired) electrons. The van der Waals surface area contributed by atoms with Crippen molar-refractivity contribution in [1.82, 2.24) is 13.7 Å². The topological polar surface area (TPSA) is 27.9 Å². The van der Waals surface area contributed by atoms with Gasteiger partial charge in [0.15, 0.2) is 0 Å². The summed E-state index contributed by atoms with van der Waals surface area (Å²) in [5.41, 5.74) is 17.1. The van der Waals surface area contributed by atoms with Crippen LogP contribution in [0, 0.1) is 0 Å². The van der Waals surface area contributed by atoms with Gasteiger partial charge in [-0.1, -0.05) is 127 Å². The van der Waals surface area contributed by atoms with E-state index in [1.54, 1.807) is 0 Å². The van der Waals surface area contributed by atoms with Gasteiger partial charge in [0.05, 0.1) is 49.9 Å². The SMILES string of the molecule is c1ccc(-n2c3ccc(-c4ccc5c(c4)c4ccccc4n5-c4cccc5oc6ccccc6c45)cc3c3cc(-c4ccc5c(c4)c4ccccc4n5-c4cccc5sc6ccccc6c45)ccc32)cc1. The van der Waals surface area contributed by atoms with Crippen LogP contribution in [0.5, 0.6) is 0 Å². The monoisotopic (exact) mass is 921 g/mol. The molecule has 0 unspecified atom stereocenters. The van der Waals surface area contributed by atoms with Crippen molar-refractivity contribution < 1.29 is 4.42 Å². The Kier molecular flexibility index (Phi) is 8.01. The Morgan fingerprint density at radius 2 is 0.690 bits per heavy atom. The smallest absolute Gasteiger partial charge is 0.137 e. The fourth-order valence-electron chi connectivity index (χ4n) is 11.9.